The topological polar surface area (TPSA) is 81.9 Å². The number of carbonyl (C=O) groups excluding carboxylic acids is 2. The van der Waals surface area contributed by atoms with Crippen molar-refractivity contribution in [2.45, 2.75) is 38.6 Å². The van der Waals surface area contributed by atoms with Gasteiger partial charge in [-0.1, -0.05) is 17.7 Å². The number of amides is 2. The van der Waals surface area contributed by atoms with Gasteiger partial charge in [-0.15, -0.1) is 0 Å². The first-order valence-electron chi connectivity index (χ1n) is 8.20. The van der Waals surface area contributed by atoms with Crippen molar-refractivity contribution in [3.05, 3.63) is 29.3 Å². The number of nitrogens with two attached hydrogens (primary N) is 1. The molecule has 6 heteroatoms. The molecule has 1 aliphatic heterocycles. The summed E-state index contributed by atoms with van der Waals surface area (Å²) >= 11 is 0. The molecule has 1 aromatic rings. The van der Waals surface area contributed by atoms with Crippen molar-refractivity contribution < 1.29 is 19.1 Å². The maximum atomic E-state index is 12.6. The van der Waals surface area contributed by atoms with E-state index in [0.29, 0.717) is 13.0 Å². The predicted molar refractivity (Wildman–Crippen MR) is 90.8 cm³/mol. The summed E-state index contributed by atoms with van der Waals surface area (Å²) in [6.07, 6.45) is 1.49. The standard InChI is InChI=1S/C18H26N2O4/c1-13-5-6-15(14(2)11-13)24-10-7-16(21)20-9-4-8-18(20,12-23-3)17(19)22/h5-6,11H,4,7-10,12H2,1-3H3,(H2,19,22). The third-order valence-corrected chi connectivity index (χ3v) is 4.54. The van der Waals surface area contributed by atoms with E-state index in [2.05, 4.69) is 0 Å². The van der Waals surface area contributed by atoms with Crippen LogP contribution in [0.15, 0.2) is 18.2 Å². The lowest BCUT2D eigenvalue weighted by molar-refractivity contribution is -0.147. The number of carbonyl (C=O) groups is 2. The summed E-state index contributed by atoms with van der Waals surface area (Å²) in [4.78, 5) is 26.0. The Morgan fingerprint density at radius 2 is 2.08 bits per heavy atom. The normalized spacial score (nSPS) is 20.2. The molecule has 1 aromatic carbocycles. The van der Waals surface area contributed by atoms with E-state index in [9.17, 15) is 9.59 Å². The molecule has 132 valence electrons. The van der Waals surface area contributed by atoms with Crippen molar-refractivity contribution in [3.8, 4) is 5.75 Å². The van der Waals surface area contributed by atoms with Crippen LogP contribution in [0.5, 0.6) is 5.75 Å². The molecule has 24 heavy (non-hydrogen) atoms. The van der Waals surface area contributed by atoms with Gasteiger partial charge >= 0.3 is 0 Å². The molecular formula is C18H26N2O4. The van der Waals surface area contributed by atoms with E-state index in [0.717, 1.165) is 17.7 Å². The number of rotatable bonds is 7. The molecule has 0 bridgehead atoms. The summed E-state index contributed by atoms with van der Waals surface area (Å²) in [5.74, 6) is 0.131. The first-order valence-corrected chi connectivity index (χ1v) is 8.20. The van der Waals surface area contributed by atoms with Gasteiger partial charge in [-0.25, -0.2) is 0 Å². The molecule has 0 aromatic heterocycles. The summed E-state index contributed by atoms with van der Waals surface area (Å²) in [6.45, 7) is 4.91. The van der Waals surface area contributed by atoms with E-state index in [4.69, 9.17) is 15.2 Å². The van der Waals surface area contributed by atoms with Gasteiger partial charge in [0.2, 0.25) is 11.8 Å². The molecule has 2 N–H and O–H groups in total. The molecule has 1 fully saturated rings. The summed E-state index contributed by atoms with van der Waals surface area (Å²) < 4.78 is 10.9. The van der Waals surface area contributed by atoms with Crippen molar-refractivity contribution in [2.75, 3.05) is 26.9 Å². The highest BCUT2D eigenvalue weighted by Gasteiger charge is 2.48. The number of nitrogens with zero attached hydrogens (tertiary/aromatic N) is 1. The van der Waals surface area contributed by atoms with E-state index in [1.54, 1.807) is 4.90 Å². The van der Waals surface area contributed by atoms with Crippen LogP contribution in [-0.2, 0) is 14.3 Å². The van der Waals surface area contributed by atoms with Gasteiger partial charge in [0.25, 0.3) is 0 Å². The van der Waals surface area contributed by atoms with Crippen LogP contribution < -0.4 is 10.5 Å². The van der Waals surface area contributed by atoms with Crippen LogP contribution in [-0.4, -0.2) is 49.1 Å². The third-order valence-electron chi connectivity index (χ3n) is 4.54. The molecule has 0 aliphatic carbocycles. The van der Waals surface area contributed by atoms with Gasteiger partial charge in [0.15, 0.2) is 0 Å². The second-order valence-electron chi connectivity index (χ2n) is 6.35. The Hall–Kier alpha value is -2.08. The lowest BCUT2D eigenvalue weighted by Crippen LogP contribution is -2.58. The molecule has 6 nitrogen and oxygen atoms in total. The Balaban J connectivity index is 1.97. The van der Waals surface area contributed by atoms with Crippen molar-refractivity contribution in [3.63, 3.8) is 0 Å². The number of ether oxygens (including phenoxy) is 2. The predicted octanol–water partition coefficient (Wildman–Crippen LogP) is 1.57. The molecule has 1 aliphatic rings. The SMILES string of the molecule is COCC1(C(N)=O)CCCN1C(=O)CCOc1ccc(C)cc1C. The maximum Gasteiger partial charge on any atom is 0.245 e. The first kappa shape index (κ1) is 18.3. The Morgan fingerprint density at radius 1 is 1.33 bits per heavy atom. The molecular weight excluding hydrogens is 308 g/mol. The molecule has 2 rings (SSSR count). The van der Waals surface area contributed by atoms with Gasteiger partial charge in [-0.3, -0.25) is 9.59 Å². The van der Waals surface area contributed by atoms with Crippen LogP contribution in [0.1, 0.15) is 30.4 Å². The van der Waals surface area contributed by atoms with E-state index < -0.39 is 11.4 Å². The lowest BCUT2D eigenvalue weighted by Gasteiger charge is -2.35. The summed E-state index contributed by atoms with van der Waals surface area (Å²) in [5, 5.41) is 0. The monoisotopic (exact) mass is 334 g/mol. The Morgan fingerprint density at radius 3 is 2.71 bits per heavy atom. The molecule has 2 amide bonds. The van der Waals surface area contributed by atoms with Gasteiger partial charge in [0.1, 0.15) is 11.3 Å². The largest absolute Gasteiger partial charge is 0.493 e. The minimum absolute atomic E-state index is 0.131. The fourth-order valence-corrected chi connectivity index (χ4v) is 3.30. The van der Waals surface area contributed by atoms with Gasteiger partial charge in [-0.05, 0) is 38.3 Å². The number of primary amides is 1. The van der Waals surface area contributed by atoms with Crippen molar-refractivity contribution in [1.82, 2.24) is 4.90 Å². The number of hydrogen-bond donors (Lipinski definition) is 1. The molecule has 0 radical (unpaired) electrons. The Labute approximate surface area is 142 Å². The van der Waals surface area contributed by atoms with Gasteiger partial charge in [-0.2, -0.15) is 0 Å². The van der Waals surface area contributed by atoms with Crippen LogP contribution in [0, 0.1) is 13.8 Å². The zero-order valence-corrected chi connectivity index (χ0v) is 14.6. The van der Waals surface area contributed by atoms with Crippen molar-refractivity contribution >= 4 is 11.8 Å². The average Bonchev–Trinajstić information content (AvgIpc) is 2.95. The molecule has 0 spiro atoms. The van der Waals surface area contributed by atoms with E-state index in [1.165, 1.54) is 12.7 Å². The Bertz CT molecular complexity index is 617. The lowest BCUT2D eigenvalue weighted by atomic mass is 9.96. The zero-order chi connectivity index (χ0) is 17.7. The van der Waals surface area contributed by atoms with Crippen LogP contribution in [0.4, 0.5) is 0 Å². The number of benzene rings is 1. The fraction of sp³-hybridized carbons (Fsp3) is 0.556. The third kappa shape index (κ3) is 3.70. The molecule has 1 saturated heterocycles. The fourth-order valence-electron chi connectivity index (χ4n) is 3.30. The number of hydrogen-bond acceptors (Lipinski definition) is 4. The van der Waals surface area contributed by atoms with Crippen LogP contribution in [0.2, 0.25) is 0 Å². The quantitative estimate of drug-likeness (QED) is 0.820. The van der Waals surface area contributed by atoms with E-state index in [1.807, 2.05) is 32.0 Å². The van der Waals surface area contributed by atoms with Crippen LogP contribution in [0.3, 0.4) is 0 Å². The summed E-state index contributed by atoms with van der Waals surface area (Å²) in [7, 11) is 1.51. The zero-order valence-electron chi connectivity index (χ0n) is 14.6. The van der Waals surface area contributed by atoms with Crippen molar-refractivity contribution in [1.29, 1.82) is 0 Å². The maximum absolute atomic E-state index is 12.6. The smallest absolute Gasteiger partial charge is 0.245 e. The number of likely N-dealkylation sites (tertiary alicyclic amines) is 1. The van der Waals surface area contributed by atoms with Gasteiger partial charge in [0.05, 0.1) is 19.6 Å². The summed E-state index contributed by atoms with van der Waals surface area (Å²) in [5.41, 5.74) is 6.74. The molecule has 1 heterocycles. The first-order chi connectivity index (χ1) is 11.4. The second kappa shape index (κ2) is 7.66. The minimum Gasteiger partial charge on any atom is -0.493 e. The van der Waals surface area contributed by atoms with E-state index >= 15 is 0 Å². The average molecular weight is 334 g/mol. The highest BCUT2D eigenvalue weighted by molar-refractivity contribution is 5.91. The molecule has 1 unspecified atom stereocenters. The van der Waals surface area contributed by atoms with Crippen LogP contribution in [0.25, 0.3) is 0 Å². The Kier molecular flexibility index (Phi) is 5.83. The number of methoxy groups -OCH3 is 1. The van der Waals surface area contributed by atoms with Crippen LogP contribution >= 0.6 is 0 Å². The second-order valence-corrected chi connectivity index (χ2v) is 6.35. The highest BCUT2D eigenvalue weighted by atomic mass is 16.5. The number of aryl methyl sites for hydroxylation is 2. The van der Waals surface area contributed by atoms with Gasteiger partial charge in [0, 0.05) is 13.7 Å². The highest BCUT2D eigenvalue weighted by Crippen LogP contribution is 2.30. The van der Waals surface area contributed by atoms with Gasteiger partial charge < -0.3 is 20.1 Å². The summed E-state index contributed by atoms with van der Waals surface area (Å²) in [6, 6.07) is 5.92. The molecule has 1 atom stereocenters. The van der Waals surface area contributed by atoms with Crippen molar-refractivity contribution in [2.24, 2.45) is 5.73 Å². The van der Waals surface area contributed by atoms with E-state index in [-0.39, 0.29) is 25.5 Å². The minimum atomic E-state index is -1.02. The molecule has 0 saturated carbocycles.